The molecular weight excluding hydrogens is 410 g/mol. The molecule has 0 aliphatic heterocycles. The van der Waals surface area contributed by atoms with Gasteiger partial charge >= 0.3 is 5.97 Å². The molecule has 188 valence electrons. The summed E-state index contributed by atoms with van der Waals surface area (Å²) >= 11 is 0. The Balaban J connectivity index is 1.44. The molecule has 33 heavy (non-hydrogen) atoms. The van der Waals surface area contributed by atoms with Crippen molar-refractivity contribution in [3.8, 4) is 0 Å². The lowest BCUT2D eigenvalue weighted by atomic mass is 9.47. The highest BCUT2D eigenvalue weighted by atomic mass is 16.5. The zero-order valence-electron chi connectivity index (χ0n) is 21.9. The van der Waals surface area contributed by atoms with Crippen molar-refractivity contribution in [1.29, 1.82) is 0 Å². The maximum Gasteiger partial charge on any atom is 0.319 e. The molecule has 0 radical (unpaired) electrons. The third-order valence-electron chi connectivity index (χ3n) is 10.7. The van der Waals surface area contributed by atoms with Crippen molar-refractivity contribution in [2.45, 2.75) is 117 Å². The van der Waals surface area contributed by atoms with Gasteiger partial charge in [0.25, 0.3) is 0 Å². The second kappa shape index (κ2) is 9.30. The molecule has 0 amide bonds. The van der Waals surface area contributed by atoms with Crippen molar-refractivity contribution in [3.63, 3.8) is 0 Å². The highest BCUT2D eigenvalue weighted by Gasteiger charge is 2.59. The maximum absolute atomic E-state index is 11.7. The highest BCUT2D eigenvalue weighted by molar-refractivity contribution is 5.71. The predicted octanol–water partition coefficient (Wildman–Crippen LogP) is 6.01. The van der Waals surface area contributed by atoms with Gasteiger partial charge in [0.2, 0.25) is 0 Å². The van der Waals surface area contributed by atoms with Gasteiger partial charge in [-0.1, -0.05) is 45.3 Å². The van der Waals surface area contributed by atoms with E-state index in [-0.39, 0.29) is 24.0 Å². The molecule has 4 rings (SSSR count). The molecular formula is C29H49NO3. The van der Waals surface area contributed by atoms with Crippen LogP contribution in [0.4, 0.5) is 0 Å². The summed E-state index contributed by atoms with van der Waals surface area (Å²) < 4.78 is 5.63. The minimum atomic E-state index is -0.539. The Morgan fingerprint density at radius 2 is 1.97 bits per heavy atom. The maximum atomic E-state index is 11.7. The van der Waals surface area contributed by atoms with Gasteiger partial charge in [0.15, 0.2) is 0 Å². The molecule has 0 spiro atoms. The van der Waals surface area contributed by atoms with Crippen LogP contribution >= 0.6 is 0 Å². The average molecular weight is 460 g/mol. The normalized spacial score (nSPS) is 41.4. The highest BCUT2D eigenvalue weighted by Crippen LogP contribution is 2.67. The van der Waals surface area contributed by atoms with E-state index in [0.717, 1.165) is 61.7 Å². The summed E-state index contributed by atoms with van der Waals surface area (Å²) in [5.74, 6) is 3.76. The Bertz CT molecular complexity index is 754. The predicted molar refractivity (Wildman–Crippen MR) is 133 cm³/mol. The molecule has 4 aliphatic carbocycles. The topological polar surface area (TPSA) is 72.5 Å². The van der Waals surface area contributed by atoms with Crippen molar-refractivity contribution in [1.82, 2.24) is 0 Å². The zero-order chi connectivity index (χ0) is 24.0. The van der Waals surface area contributed by atoms with Crippen molar-refractivity contribution >= 4 is 5.97 Å². The van der Waals surface area contributed by atoms with Crippen molar-refractivity contribution in [3.05, 3.63) is 11.6 Å². The van der Waals surface area contributed by atoms with E-state index in [4.69, 9.17) is 10.5 Å². The van der Waals surface area contributed by atoms with E-state index in [1.54, 1.807) is 5.57 Å². The molecule has 4 nitrogen and oxygen atoms in total. The number of carbonyl (C=O) groups excluding carboxylic acids is 1. The van der Waals surface area contributed by atoms with E-state index < -0.39 is 5.60 Å². The van der Waals surface area contributed by atoms with Gasteiger partial charge in [0.05, 0.1) is 12.1 Å². The van der Waals surface area contributed by atoms with Crippen LogP contribution in [0.3, 0.4) is 0 Å². The summed E-state index contributed by atoms with van der Waals surface area (Å²) in [6.45, 7) is 11.5. The summed E-state index contributed by atoms with van der Waals surface area (Å²) in [5.41, 5.74) is 7.25. The van der Waals surface area contributed by atoms with Crippen LogP contribution in [-0.2, 0) is 9.53 Å². The second-order valence-corrected chi connectivity index (χ2v) is 13.2. The molecule has 0 heterocycles. The van der Waals surface area contributed by atoms with Crippen LogP contribution in [0.1, 0.15) is 105 Å². The van der Waals surface area contributed by atoms with Gasteiger partial charge in [-0.3, -0.25) is 4.79 Å². The Morgan fingerprint density at radius 1 is 1.21 bits per heavy atom. The summed E-state index contributed by atoms with van der Waals surface area (Å²) in [6.07, 6.45) is 15.6. The third-order valence-corrected chi connectivity index (χ3v) is 10.7. The molecule has 0 saturated heterocycles. The van der Waals surface area contributed by atoms with Gasteiger partial charge in [-0.15, -0.1) is 0 Å². The van der Waals surface area contributed by atoms with Gasteiger partial charge in [-0.05, 0) is 106 Å². The van der Waals surface area contributed by atoms with E-state index in [9.17, 15) is 9.90 Å². The fourth-order valence-electron chi connectivity index (χ4n) is 9.00. The molecule has 8 atom stereocenters. The Labute approximate surface area is 202 Å². The number of fused-ring (bicyclic) bond motifs is 5. The van der Waals surface area contributed by atoms with Crippen LogP contribution in [0.2, 0.25) is 0 Å². The number of rotatable bonds is 7. The first-order chi connectivity index (χ1) is 15.5. The van der Waals surface area contributed by atoms with Crippen molar-refractivity contribution < 1.29 is 14.6 Å². The minimum Gasteiger partial charge on any atom is -0.461 e. The number of aliphatic hydroxyl groups is 1. The molecule has 0 aromatic heterocycles. The molecule has 4 heteroatoms. The number of hydrogen-bond donors (Lipinski definition) is 2. The van der Waals surface area contributed by atoms with Crippen LogP contribution in [0.15, 0.2) is 11.6 Å². The van der Waals surface area contributed by atoms with E-state index in [0.29, 0.717) is 5.41 Å². The fourth-order valence-corrected chi connectivity index (χ4v) is 9.00. The molecule has 0 aromatic rings. The third kappa shape index (κ3) is 4.81. The molecule has 1 unspecified atom stereocenters. The number of ether oxygens (including phenoxy) is 1. The van der Waals surface area contributed by atoms with Gasteiger partial charge in [-0.2, -0.15) is 0 Å². The quantitative estimate of drug-likeness (QED) is 0.361. The fraction of sp³-hybridized carbons (Fsp3) is 0.897. The summed E-state index contributed by atoms with van der Waals surface area (Å²) in [7, 11) is 0. The number of esters is 1. The Morgan fingerprint density at radius 3 is 2.67 bits per heavy atom. The van der Waals surface area contributed by atoms with E-state index in [1.807, 2.05) is 13.8 Å². The van der Waals surface area contributed by atoms with Gasteiger partial charge in [-0.25, -0.2) is 0 Å². The average Bonchev–Trinajstić information content (AvgIpc) is 3.10. The number of allylic oxidation sites excluding steroid dienone is 1. The lowest BCUT2D eigenvalue weighted by Gasteiger charge is -2.58. The molecule has 3 fully saturated rings. The Hall–Kier alpha value is -0.870. The van der Waals surface area contributed by atoms with Crippen LogP contribution in [0.5, 0.6) is 0 Å². The zero-order valence-corrected chi connectivity index (χ0v) is 21.9. The number of nitrogens with two attached hydrogens (primary N) is 1. The van der Waals surface area contributed by atoms with Gasteiger partial charge in [0, 0.05) is 6.42 Å². The summed E-state index contributed by atoms with van der Waals surface area (Å²) in [5, 5.41) is 10.1. The first kappa shape index (κ1) is 25.2. The lowest BCUT2D eigenvalue weighted by molar-refractivity contribution is -0.149. The first-order valence-corrected chi connectivity index (χ1v) is 13.8. The van der Waals surface area contributed by atoms with E-state index >= 15 is 0 Å². The molecule has 3 saturated carbocycles. The van der Waals surface area contributed by atoms with E-state index in [1.165, 1.54) is 38.5 Å². The monoisotopic (exact) mass is 459 g/mol. The van der Waals surface area contributed by atoms with Crippen LogP contribution in [-0.4, -0.2) is 29.3 Å². The Kier molecular flexibility index (Phi) is 7.11. The van der Waals surface area contributed by atoms with Crippen LogP contribution in [0, 0.1) is 40.4 Å². The standard InChI is InChI=1S/C29H49NO3/c1-19(7-6-14-27(2,3)32)23-10-11-24-22-9-8-20-17-21(33-26(31)18-30)12-15-28(20,4)25(22)13-16-29(23,24)5/h8,19,21-25,32H,6-7,9-18,30H2,1-5H3/t19-,21+,22+,23?,24+,25+,28+,29-/m1/s1. The largest absolute Gasteiger partial charge is 0.461 e. The number of hydrogen-bond acceptors (Lipinski definition) is 4. The lowest BCUT2D eigenvalue weighted by Crippen LogP contribution is -2.51. The number of carbonyl (C=O) groups is 1. The van der Waals surface area contributed by atoms with Crippen LogP contribution < -0.4 is 5.73 Å². The first-order valence-electron chi connectivity index (χ1n) is 13.8. The molecule has 4 aliphatic rings. The summed E-state index contributed by atoms with van der Waals surface area (Å²) in [6, 6.07) is 0. The van der Waals surface area contributed by atoms with Gasteiger partial charge in [0.1, 0.15) is 6.10 Å². The van der Waals surface area contributed by atoms with Crippen molar-refractivity contribution in [2.75, 3.05) is 6.54 Å². The smallest absolute Gasteiger partial charge is 0.319 e. The molecule has 0 aromatic carbocycles. The minimum absolute atomic E-state index is 0.0187. The second-order valence-electron chi connectivity index (χ2n) is 13.2. The SMILES string of the molecule is C[C@H](CCCC(C)(C)O)C1CC[C@H]2[C@@H]3CC=C4C[C@@H](OC(=O)CN)CC[C@]4(C)[C@H]3CC[C@]12C. The molecule has 0 bridgehead atoms. The summed E-state index contributed by atoms with van der Waals surface area (Å²) in [4.78, 5) is 11.7. The van der Waals surface area contributed by atoms with Crippen molar-refractivity contribution in [2.24, 2.45) is 46.2 Å². The van der Waals surface area contributed by atoms with Crippen LogP contribution in [0.25, 0.3) is 0 Å². The van der Waals surface area contributed by atoms with E-state index in [2.05, 4.69) is 26.8 Å². The van der Waals surface area contributed by atoms with Gasteiger partial charge < -0.3 is 15.6 Å². The molecule has 3 N–H and O–H groups in total.